The van der Waals surface area contributed by atoms with Crippen LogP contribution in [0.25, 0.3) is 0 Å². The van der Waals surface area contributed by atoms with Crippen molar-refractivity contribution in [1.82, 2.24) is 0 Å². The minimum absolute atomic E-state index is 0.383. The molecule has 90 valence electrons. The van der Waals surface area contributed by atoms with Gasteiger partial charge >= 0.3 is 0 Å². The van der Waals surface area contributed by atoms with Crippen LogP contribution in [0.15, 0.2) is 0 Å². The third kappa shape index (κ3) is 3.44. The van der Waals surface area contributed by atoms with Gasteiger partial charge in [0.15, 0.2) is 0 Å². The smallest absolute Gasteiger partial charge is 0.0906 e. The van der Waals surface area contributed by atoms with Gasteiger partial charge < -0.3 is 10.2 Å². The highest BCUT2D eigenvalue weighted by Gasteiger charge is 2.40. The standard InChI is InChI=1S/C10H20O3S2/c1-9(2,12)8(11)7-10(3)14-5-4-6-15(10)13/h8,11-12H,4-7H2,1-3H3/t8-,10-,15?/m1/s1. The van der Waals surface area contributed by atoms with Crippen molar-refractivity contribution in [3.05, 3.63) is 0 Å². The van der Waals surface area contributed by atoms with E-state index in [0.29, 0.717) is 12.2 Å². The normalized spacial score (nSPS) is 35.1. The zero-order valence-corrected chi connectivity index (χ0v) is 11.2. The van der Waals surface area contributed by atoms with Crippen LogP contribution >= 0.6 is 11.8 Å². The molecule has 2 N–H and O–H groups in total. The summed E-state index contributed by atoms with van der Waals surface area (Å²) in [5.41, 5.74) is -1.12. The number of thioether (sulfide) groups is 1. The summed E-state index contributed by atoms with van der Waals surface area (Å²) in [6, 6.07) is 0. The Morgan fingerprint density at radius 1 is 1.60 bits per heavy atom. The Morgan fingerprint density at radius 3 is 2.67 bits per heavy atom. The molecule has 0 aliphatic carbocycles. The molecule has 1 saturated heterocycles. The first-order chi connectivity index (χ1) is 6.76. The van der Waals surface area contributed by atoms with Gasteiger partial charge in [-0.3, -0.25) is 4.21 Å². The maximum absolute atomic E-state index is 11.9. The van der Waals surface area contributed by atoms with Crippen LogP contribution in [-0.4, -0.2) is 41.7 Å². The molecule has 0 saturated carbocycles. The molecule has 5 heteroatoms. The van der Waals surface area contributed by atoms with Crippen molar-refractivity contribution in [2.24, 2.45) is 0 Å². The zero-order chi connectivity index (χ0) is 11.7. The van der Waals surface area contributed by atoms with Crippen LogP contribution in [0.5, 0.6) is 0 Å². The van der Waals surface area contributed by atoms with Gasteiger partial charge in [0.1, 0.15) is 0 Å². The zero-order valence-electron chi connectivity index (χ0n) is 9.52. The van der Waals surface area contributed by atoms with E-state index in [4.69, 9.17) is 0 Å². The molecule has 1 heterocycles. The topological polar surface area (TPSA) is 57.5 Å². The lowest BCUT2D eigenvalue weighted by molar-refractivity contribution is -0.0520. The average Bonchev–Trinajstić information content (AvgIpc) is 2.09. The van der Waals surface area contributed by atoms with Crippen molar-refractivity contribution >= 4 is 22.6 Å². The van der Waals surface area contributed by atoms with Gasteiger partial charge in [0, 0.05) is 23.0 Å². The highest BCUT2D eigenvalue weighted by molar-refractivity contribution is 8.13. The molecule has 0 radical (unpaired) electrons. The van der Waals surface area contributed by atoms with Crippen LogP contribution in [0, 0.1) is 0 Å². The van der Waals surface area contributed by atoms with E-state index in [1.165, 1.54) is 0 Å². The van der Waals surface area contributed by atoms with E-state index >= 15 is 0 Å². The first kappa shape index (κ1) is 13.5. The summed E-state index contributed by atoms with van der Waals surface area (Å²) < 4.78 is 11.5. The molecule has 3 atom stereocenters. The van der Waals surface area contributed by atoms with Crippen molar-refractivity contribution in [1.29, 1.82) is 0 Å². The van der Waals surface area contributed by atoms with Gasteiger partial charge in [-0.1, -0.05) is 0 Å². The molecule has 0 aromatic carbocycles. The second kappa shape index (κ2) is 4.73. The predicted octanol–water partition coefficient (Wildman–Crippen LogP) is 1.11. The van der Waals surface area contributed by atoms with Crippen LogP contribution in [0.4, 0.5) is 0 Å². The number of aliphatic hydroxyl groups excluding tert-OH is 1. The number of aliphatic hydroxyl groups is 2. The van der Waals surface area contributed by atoms with E-state index in [2.05, 4.69) is 0 Å². The highest BCUT2D eigenvalue weighted by atomic mass is 32.2. The van der Waals surface area contributed by atoms with Crippen molar-refractivity contribution in [3.63, 3.8) is 0 Å². The molecule has 0 bridgehead atoms. The summed E-state index contributed by atoms with van der Waals surface area (Å²) in [5, 5.41) is 19.5. The Balaban J connectivity index is 2.66. The third-order valence-corrected chi connectivity index (χ3v) is 6.71. The molecule has 0 amide bonds. The van der Waals surface area contributed by atoms with Gasteiger partial charge in [-0.15, -0.1) is 11.8 Å². The fourth-order valence-electron chi connectivity index (χ4n) is 1.51. The minimum Gasteiger partial charge on any atom is -0.390 e. The summed E-state index contributed by atoms with van der Waals surface area (Å²) in [5.74, 6) is 1.70. The lowest BCUT2D eigenvalue weighted by Crippen LogP contribution is -2.44. The third-order valence-electron chi connectivity index (χ3n) is 2.74. The first-order valence-electron chi connectivity index (χ1n) is 5.18. The Bertz CT molecular complexity index is 250. The lowest BCUT2D eigenvalue weighted by atomic mass is 9.98. The van der Waals surface area contributed by atoms with Crippen molar-refractivity contribution in [3.8, 4) is 0 Å². The largest absolute Gasteiger partial charge is 0.390 e. The maximum atomic E-state index is 11.9. The monoisotopic (exact) mass is 252 g/mol. The van der Waals surface area contributed by atoms with Crippen LogP contribution in [-0.2, 0) is 10.8 Å². The van der Waals surface area contributed by atoms with E-state index in [0.717, 1.165) is 12.2 Å². The molecule has 1 aliphatic rings. The molecule has 15 heavy (non-hydrogen) atoms. The van der Waals surface area contributed by atoms with Crippen LogP contribution in [0.2, 0.25) is 0 Å². The fraction of sp³-hybridized carbons (Fsp3) is 1.00. The number of hydrogen-bond donors (Lipinski definition) is 2. The summed E-state index contributed by atoms with van der Waals surface area (Å²) in [6.07, 6.45) is 0.538. The van der Waals surface area contributed by atoms with Gasteiger partial charge in [-0.05, 0) is 32.9 Å². The number of rotatable bonds is 3. The summed E-state index contributed by atoms with van der Waals surface area (Å²) in [6.45, 7) is 5.08. The van der Waals surface area contributed by atoms with Gasteiger partial charge in [-0.25, -0.2) is 0 Å². The molecular formula is C10H20O3S2. The maximum Gasteiger partial charge on any atom is 0.0906 e. The quantitative estimate of drug-likeness (QED) is 0.790. The second-order valence-corrected chi connectivity index (χ2v) is 8.62. The molecule has 1 unspecified atom stereocenters. The Morgan fingerprint density at radius 2 is 2.20 bits per heavy atom. The lowest BCUT2D eigenvalue weighted by Gasteiger charge is -2.36. The molecule has 1 rings (SSSR count). The Kier molecular flexibility index (Phi) is 4.26. The first-order valence-corrected chi connectivity index (χ1v) is 7.49. The summed E-state index contributed by atoms with van der Waals surface area (Å²) in [4.78, 5) is 0. The van der Waals surface area contributed by atoms with Crippen molar-refractivity contribution < 1.29 is 14.4 Å². The van der Waals surface area contributed by atoms with E-state index < -0.39 is 26.6 Å². The van der Waals surface area contributed by atoms with E-state index in [9.17, 15) is 14.4 Å². The van der Waals surface area contributed by atoms with E-state index in [1.807, 2.05) is 6.92 Å². The van der Waals surface area contributed by atoms with Gasteiger partial charge in [0.05, 0.1) is 15.8 Å². The predicted molar refractivity (Wildman–Crippen MR) is 65.4 cm³/mol. The Labute approximate surface area is 98.1 Å². The molecule has 0 spiro atoms. The molecular weight excluding hydrogens is 232 g/mol. The van der Waals surface area contributed by atoms with Crippen LogP contribution in [0.3, 0.4) is 0 Å². The van der Waals surface area contributed by atoms with Crippen molar-refractivity contribution in [2.45, 2.75) is 49.4 Å². The van der Waals surface area contributed by atoms with Crippen LogP contribution < -0.4 is 0 Å². The SMILES string of the molecule is CC(C)(O)[C@H](O)C[C@]1(C)SCCCS1=O. The average molecular weight is 252 g/mol. The van der Waals surface area contributed by atoms with Gasteiger partial charge in [-0.2, -0.15) is 0 Å². The molecule has 0 aromatic rings. The molecule has 3 nitrogen and oxygen atoms in total. The molecule has 0 aromatic heterocycles. The summed E-state index contributed by atoms with van der Waals surface area (Å²) in [7, 11) is -0.907. The van der Waals surface area contributed by atoms with Crippen molar-refractivity contribution in [2.75, 3.05) is 11.5 Å². The summed E-state index contributed by atoms with van der Waals surface area (Å²) >= 11 is 1.65. The second-order valence-electron chi connectivity index (χ2n) is 4.76. The molecule has 1 fully saturated rings. The number of hydrogen-bond acceptors (Lipinski definition) is 4. The van der Waals surface area contributed by atoms with E-state index in [1.54, 1.807) is 25.6 Å². The highest BCUT2D eigenvalue weighted by Crippen LogP contribution is 2.39. The van der Waals surface area contributed by atoms with Crippen LogP contribution in [0.1, 0.15) is 33.6 Å². The van der Waals surface area contributed by atoms with E-state index in [-0.39, 0.29) is 0 Å². The van der Waals surface area contributed by atoms with Gasteiger partial charge in [0.25, 0.3) is 0 Å². The minimum atomic E-state index is -1.12. The Hall–Kier alpha value is 0.420. The molecule has 1 aliphatic heterocycles. The van der Waals surface area contributed by atoms with Gasteiger partial charge in [0.2, 0.25) is 0 Å². The fourth-order valence-corrected chi connectivity index (χ4v) is 4.90.